The van der Waals surface area contributed by atoms with Gasteiger partial charge in [-0.25, -0.2) is 0 Å². The van der Waals surface area contributed by atoms with E-state index in [1.165, 1.54) is 48.5 Å². The highest BCUT2D eigenvalue weighted by molar-refractivity contribution is 6.41. The van der Waals surface area contributed by atoms with Gasteiger partial charge < -0.3 is 21.3 Å². The molecule has 0 aliphatic rings. The van der Waals surface area contributed by atoms with Gasteiger partial charge in [-0.05, 0) is 112 Å². The molecule has 318 valence electrons. The maximum Gasteiger partial charge on any atom is 0.258 e. The molecule has 2 unspecified atom stereocenters. The number of halogens is 6. The molecule has 0 saturated heterocycles. The number of ketones is 2. The van der Waals surface area contributed by atoms with Crippen LogP contribution in [0.4, 0.5) is 34.1 Å². The lowest BCUT2D eigenvalue weighted by atomic mass is 10.0. The largest absolute Gasteiger partial charge is 0.324 e. The van der Waals surface area contributed by atoms with Crippen LogP contribution in [0.1, 0.15) is 45.7 Å². The molecule has 0 spiro atoms. The summed E-state index contributed by atoms with van der Waals surface area (Å²) < 4.78 is 0. The normalized spacial score (nSPS) is 12.2. The zero-order valence-electron chi connectivity index (χ0n) is 32.7. The van der Waals surface area contributed by atoms with E-state index in [0.717, 1.165) is 13.8 Å². The van der Waals surface area contributed by atoms with Gasteiger partial charge >= 0.3 is 0 Å². The zero-order chi connectivity index (χ0) is 45.4. The van der Waals surface area contributed by atoms with E-state index in [2.05, 4.69) is 41.7 Å². The number of rotatable bonds is 14. The first-order chi connectivity index (χ1) is 29.4. The highest BCUT2D eigenvalue weighted by Crippen LogP contribution is 2.34. The van der Waals surface area contributed by atoms with E-state index in [0.29, 0.717) is 11.1 Å². The van der Waals surface area contributed by atoms with Crippen molar-refractivity contribution in [1.29, 1.82) is 0 Å². The standard InChI is InChI=1S/C42H32Cl6N8O6/c1-19-20(2)34(50-42(62)36(22(4)58)56-54-24-12-14-28(44)26(18-24)40(60)52-38-31(47)9-6-10-32(38)48)16-15-33(19)49-41(61)35(21(3)57)55-53-23-11-13-27(43)25(17-23)39(59)51-37-29(45)7-5-8-30(37)46/h5-18,35-36H,1-4H3,(H,49,61)(H,50,62)(H,51,59)(H,52,60). The lowest BCUT2D eigenvalue weighted by Gasteiger charge is -2.17. The molecule has 0 saturated carbocycles. The number of amides is 4. The molecule has 0 heterocycles. The number of anilines is 4. The summed E-state index contributed by atoms with van der Waals surface area (Å²) in [6.07, 6.45) is 0. The van der Waals surface area contributed by atoms with Crippen molar-refractivity contribution in [3.05, 3.63) is 137 Å². The number of carbonyl (C=O) groups is 6. The number of nitrogens with zero attached hydrogens (tertiary/aromatic N) is 4. The number of benzene rings is 5. The maximum atomic E-state index is 13.4. The number of Topliss-reactive ketones (excluding diaryl/α,β-unsaturated/α-hetero) is 2. The molecule has 0 bridgehead atoms. The minimum atomic E-state index is -1.59. The fraction of sp³-hybridized carbons (Fsp3) is 0.143. The van der Waals surface area contributed by atoms with Crippen molar-refractivity contribution < 1.29 is 28.8 Å². The van der Waals surface area contributed by atoms with E-state index in [4.69, 9.17) is 69.6 Å². The van der Waals surface area contributed by atoms with Gasteiger partial charge in [-0.1, -0.05) is 81.7 Å². The minimum Gasteiger partial charge on any atom is -0.324 e. The summed E-state index contributed by atoms with van der Waals surface area (Å²) in [4.78, 5) is 78.0. The van der Waals surface area contributed by atoms with Gasteiger partial charge in [-0.15, -0.1) is 0 Å². The van der Waals surface area contributed by atoms with Gasteiger partial charge in [0.1, 0.15) is 0 Å². The summed E-state index contributed by atoms with van der Waals surface area (Å²) in [7, 11) is 0. The highest BCUT2D eigenvalue weighted by atomic mass is 35.5. The van der Waals surface area contributed by atoms with Gasteiger partial charge in [0.2, 0.25) is 12.1 Å². The molecule has 0 aromatic heterocycles. The van der Waals surface area contributed by atoms with Crippen molar-refractivity contribution in [3.8, 4) is 0 Å². The molecule has 0 radical (unpaired) electrons. The van der Waals surface area contributed by atoms with Crippen molar-refractivity contribution in [3.63, 3.8) is 0 Å². The first-order valence-electron chi connectivity index (χ1n) is 18.0. The fourth-order valence-corrected chi connectivity index (χ4v) is 6.86. The van der Waals surface area contributed by atoms with Crippen LogP contribution in [0.2, 0.25) is 30.1 Å². The smallest absolute Gasteiger partial charge is 0.258 e. The molecule has 5 rings (SSSR count). The van der Waals surface area contributed by atoms with Crippen molar-refractivity contribution in [2.75, 3.05) is 21.3 Å². The van der Waals surface area contributed by atoms with Gasteiger partial charge in [0.15, 0.2) is 11.6 Å². The van der Waals surface area contributed by atoms with E-state index >= 15 is 0 Å². The first-order valence-corrected chi connectivity index (χ1v) is 20.3. The Balaban J connectivity index is 1.27. The molecule has 0 aliphatic carbocycles. The third-order valence-electron chi connectivity index (χ3n) is 8.94. The van der Waals surface area contributed by atoms with Crippen LogP contribution >= 0.6 is 69.6 Å². The molecule has 0 aliphatic heterocycles. The molecule has 5 aromatic carbocycles. The maximum absolute atomic E-state index is 13.4. The summed E-state index contributed by atoms with van der Waals surface area (Å²) in [6, 6.07) is 17.5. The lowest BCUT2D eigenvalue weighted by Crippen LogP contribution is -2.33. The third-order valence-corrected chi connectivity index (χ3v) is 10.9. The molecular formula is C42H32Cl6N8O6. The Morgan fingerprint density at radius 2 is 0.806 bits per heavy atom. The lowest BCUT2D eigenvalue weighted by molar-refractivity contribution is -0.127. The Hall–Kier alpha value is -5.74. The zero-order valence-corrected chi connectivity index (χ0v) is 37.3. The topological polar surface area (TPSA) is 200 Å². The van der Waals surface area contributed by atoms with Crippen LogP contribution in [-0.2, 0) is 19.2 Å². The van der Waals surface area contributed by atoms with Gasteiger partial charge in [-0.2, -0.15) is 20.5 Å². The monoisotopic (exact) mass is 954 g/mol. The van der Waals surface area contributed by atoms with Crippen molar-refractivity contribution in [1.82, 2.24) is 0 Å². The molecule has 2 atom stereocenters. The summed E-state index contributed by atoms with van der Waals surface area (Å²) in [5.41, 5.74) is 2.17. The van der Waals surface area contributed by atoms with Crippen LogP contribution in [-0.4, -0.2) is 47.3 Å². The molecule has 62 heavy (non-hydrogen) atoms. The summed E-state index contributed by atoms with van der Waals surface area (Å²) in [5, 5.41) is 27.5. The predicted octanol–water partition coefficient (Wildman–Crippen LogP) is 12.1. The second-order valence-corrected chi connectivity index (χ2v) is 15.7. The summed E-state index contributed by atoms with van der Waals surface area (Å²) in [6.45, 7) is 5.66. The molecule has 20 heteroatoms. The average molecular weight is 957 g/mol. The van der Waals surface area contributed by atoms with Crippen LogP contribution < -0.4 is 21.3 Å². The molecular weight excluding hydrogens is 925 g/mol. The van der Waals surface area contributed by atoms with Gasteiger partial charge in [0.05, 0.1) is 64.0 Å². The number of hydrogen-bond acceptors (Lipinski definition) is 10. The van der Waals surface area contributed by atoms with Crippen molar-refractivity contribution in [2.45, 2.75) is 39.8 Å². The van der Waals surface area contributed by atoms with Gasteiger partial charge in [-0.3, -0.25) is 28.8 Å². The number of azo groups is 2. The molecule has 14 nitrogen and oxygen atoms in total. The van der Waals surface area contributed by atoms with Gasteiger partial charge in [0.25, 0.3) is 23.6 Å². The summed E-state index contributed by atoms with van der Waals surface area (Å²) >= 11 is 37.3. The van der Waals surface area contributed by atoms with Crippen molar-refractivity contribution in [2.24, 2.45) is 20.5 Å². The number of hydrogen-bond donors (Lipinski definition) is 4. The van der Waals surface area contributed by atoms with Crippen LogP contribution in [0, 0.1) is 13.8 Å². The molecule has 0 fully saturated rings. The van der Waals surface area contributed by atoms with E-state index in [9.17, 15) is 28.8 Å². The summed E-state index contributed by atoms with van der Waals surface area (Å²) in [5.74, 6) is -4.18. The van der Waals surface area contributed by atoms with Crippen LogP contribution in [0.25, 0.3) is 0 Å². The third kappa shape index (κ3) is 11.6. The van der Waals surface area contributed by atoms with E-state index < -0.39 is 47.3 Å². The van der Waals surface area contributed by atoms with E-state index in [-0.39, 0.29) is 75.4 Å². The quantitative estimate of drug-likeness (QED) is 0.0630. The molecule has 4 amide bonds. The second kappa shape index (κ2) is 20.9. The van der Waals surface area contributed by atoms with Crippen molar-refractivity contribution >= 4 is 139 Å². The Bertz CT molecular complexity index is 2490. The highest BCUT2D eigenvalue weighted by Gasteiger charge is 2.27. The van der Waals surface area contributed by atoms with Crippen LogP contribution in [0.15, 0.2) is 105 Å². The van der Waals surface area contributed by atoms with Gasteiger partial charge in [0, 0.05) is 11.4 Å². The number of para-hydroxylation sites is 2. The predicted molar refractivity (Wildman–Crippen MR) is 243 cm³/mol. The van der Waals surface area contributed by atoms with Crippen LogP contribution in [0.5, 0.6) is 0 Å². The Morgan fingerprint density at radius 1 is 0.468 bits per heavy atom. The number of nitrogens with one attached hydrogen (secondary N) is 4. The Kier molecular flexibility index (Phi) is 15.9. The Morgan fingerprint density at radius 3 is 1.13 bits per heavy atom. The first kappa shape index (κ1) is 47.3. The van der Waals surface area contributed by atoms with Crippen LogP contribution in [0.3, 0.4) is 0 Å². The minimum absolute atomic E-state index is 0.00235. The Labute approximate surface area is 384 Å². The van der Waals surface area contributed by atoms with E-state index in [1.54, 1.807) is 50.2 Å². The van der Waals surface area contributed by atoms with E-state index in [1.807, 2.05) is 0 Å². The molecule has 5 aromatic rings. The second-order valence-electron chi connectivity index (χ2n) is 13.3. The number of carbonyl (C=O) groups excluding carboxylic acids is 6. The molecule has 4 N–H and O–H groups in total. The fourth-order valence-electron chi connectivity index (χ4n) is 5.47. The SMILES string of the molecule is CC(=O)C(N=Nc1ccc(Cl)c(C(=O)Nc2c(Cl)cccc2Cl)c1)C(=O)Nc1ccc(NC(=O)C(N=Nc2ccc(Cl)c(C(=O)Nc3c(Cl)cccc3Cl)c2)C(C)=O)c(C)c1C. The average Bonchev–Trinajstić information content (AvgIpc) is 3.21.